The maximum atomic E-state index is 12.5. The highest BCUT2D eigenvalue weighted by molar-refractivity contribution is 6.06. The minimum Gasteiger partial charge on any atom is -0.480 e. The minimum atomic E-state index is -2.38. The Labute approximate surface area is 201 Å². The standard InChI is InChI=1S/C25H23N5O5/c1-4-25(24(33)34,21(22(27)31)23(32)35-5-2)16-8-11-19-18(12-16)29-20(30(19)3)14-28-17-9-6-15(13-26)7-10-17/h1,6-12,21,28H,5,14H2,2-3H3,(H2,27,31)(H,33,34). The fraction of sp³-hybridized carbons (Fsp3) is 0.240. The summed E-state index contributed by atoms with van der Waals surface area (Å²) in [5.74, 6) is -3.11. The first-order valence-corrected chi connectivity index (χ1v) is 10.6. The molecule has 1 aromatic heterocycles. The largest absolute Gasteiger partial charge is 0.480 e. The van der Waals surface area contributed by atoms with Gasteiger partial charge in [-0.05, 0) is 48.9 Å². The average Bonchev–Trinajstić information content (AvgIpc) is 3.15. The lowest BCUT2D eigenvalue weighted by molar-refractivity contribution is -0.160. The number of esters is 1. The summed E-state index contributed by atoms with van der Waals surface area (Å²) < 4.78 is 6.71. The van der Waals surface area contributed by atoms with Crippen molar-refractivity contribution in [2.75, 3.05) is 11.9 Å². The van der Waals surface area contributed by atoms with Crippen molar-refractivity contribution in [3.8, 4) is 18.4 Å². The van der Waals surface area contributed by atoms with Gasteiger partial charge in [-0.25, -0.2) is 4.98 Å². The minimum absolute atomic E-state index is 0.00144. The molecule has 10 heteroatoms. The second-order valence-corrected chi connectivity index (χ2v) is 7.68. The van der Waals surface area contributed by atoms with Crippen LogP contribution in [0.4, 0.5) is 5.69 Å². The first-order chi connectivity index (χ1) is 16.7. The number of primary amides is 1. The van der Waals surface area contributed by atoms with Crippen molar-refractivity contribution < 1.29 is 24.2 Å². The number of carbonyl (C=O) groups is 3. The quantitative estimate of drug-likeness (QED) is 0.240. The number of nitrogens with one attached hydrogen (secondary N) is 1. The predicted molar refractivity (Wildman–Crippen MR) is 127 cm³/mol. The summed E-state index contributed by atoms with van der Waals surface area (Å²) in [5, 5.41) is 22.2. The van der Waals surface area contributed by atoms with E-state index in [1.807, 2.05) is 4.57 Å². The lowest BCUT2D eigenvalue weighted by atomic mass is 9.70. The number of amides is 1. The van der Waals surface area contributed by atoms with Gasteiger partial charge in [-0.1, -0.05) is 12.0 Å². The fourth-order valence-electron chi connectivity index (χ4n) is 3.87. The number of nitriles is 1. The summed E-state index contributed by atoms with van der Waals surface area (Å²) in [6.45, 7) is 1.76. The smallest absolute Gasteiger partial charge is 0.327 e. The molecule has 1 heterocycles. The van der Waals surface area contributed by atoms with Gasteiger partial charge in [0.1, 0.15) is 5.82 Å². The Kier molecular flexibility index (Phi) is 7.07. The van der Waals surface area contributed by atoms with Crippen LogP contribution in [0.3, 0.4) is 0 Å². The van der Waals surface area contributed by atoms with Crippen LogP contribution in [-0.4, -0.2) is 39.1 Å². The van der Waals surface area contributed by atoms with Gasteiger partial charge in [0.05, 0.1) is 35.8 Å². The van der Waals surface area contributed by atoms with E-state index in [2.05, 4.69) is 22.3 Å². The number of carboxylic acids is 1. The summed E-state index contributed by atoms with van der Waals surface area (Å²) in [6.07, 6.45) is 5.62. The number of anilines is 1. The second kappa shape index (κ2) is 9.98. The number of carbonyl (C=O) groups excluding carboxylic acids is 2. The molecule has 4 N–H and O–H groups in total. The summed E-state index contributed by atoms with van der Waals surface area (Å²) in [7, 11) is 1.79. The van der Waals surface area contributed by atoms with E-state index in [0.29, 0.717) is 29.0 Å². The van der Waals surface area contributed by atoms with Crippen molar-refractivity contribution in [2.45, 2.75) is 18.9 Å². The molecule has 0 aliphatic heterocycles. The molecule has 35 heavy (non-hydrogen) atoms. The SMILES string of the molecule is C#CC(C(=O)O)(c1ccc2c(c1)nc(CNc1ccc(C#N)cc1)n2C)C(C(N)=O)C(=O)OCC. The summed E-state index contributed by atoms with van der Waals surface area (Å²) in [6, 6.07) is 13.5. The van der Waals surface area contributed by atoms with Crippen LogP contribution in [0.5, 0.6) is 0 Å². The molecule has 10 nitrogen and oxygen atoms in total. The van der Waals surface area contributed by atoms with Gasteiger partial charge < -0.3 is 25.5 Å². The second-order valence-electron chi connectivity index (χ2n) is 7.68. The molecular formula is C25H23N5O5. The zero-order chi connectivity index (χ0) is 25.8. The first kappa shape index (κ1) is 24.8. The maximum absolute atomic E-state index is 12.5. The normalized spacial score (nSPS) is 13.1. The highest BCUT2D eigenvalue weighted by Gasteiger charge is 2.54. The average molecular weight is 473 g/mol. The molecule has 0 radical (unpaired) electrons. The number of aromatic nitrogens is 2. The molecule has 0 bridgehead atoms. The number of benzene rings is 2. The van der Waals surface area contributed by atoms with Gasteiger partial charge in [0.15, 0.2) is 11.3 Å². The van der Waals surface area contributed by atoms with Crippen LogP contribution in [0.15, 0.2) is 42.5 Å². The van der Waals surface area contributed by atoms with E-state index in [-0.39, 0.29) is 12.2 Å². The molecular weight excluding hydrogens is 450 g/mol. The Morgan fingerprint density at radius 3 is 2.51 bits per heavy atom. The van der Waals surface area contributed by atoms with Gasteiger partial charge >= 0.3 is 11.9 Å². The molecule has 3 rings (SSSR count). The number of aryl methyl sites for hydroxylation is 1. The van der Waals surface area contributed by atoms with Gasteiger partial charge in [0.2, 0.25) is 5.91 Å². The third-order valence-corrected chi connectivity index (χ3v) is 5.70. The summed E-state index contributed by atoms with van der Waals surface area (Å²) in [5.41, 5.74) is 5.44. The van der Waals surface area contributed by atoms with E-state index >= 15 is 0 Å². The number of hydrogen-bond donors (Lipinski definition) is 3. The van der Waals surface area contributed by atoms with Crippen LogP contribution in [0.25, 0.3) is 11.0 Å². The summed E-state index contributed by atoms with van der Waals surface area (Å²) in [4.78, 5) is 41.7. The van der Waals surface area contributed by atoms with E-state index in [9.17, 15) is 19.5 Å². The molecule has 2 atom stereocenters. The molecule has 0 saturated heterocycles. The third-order valence-electron chi connectivity index (χ3n) is 5.70. The van der Waals surface area contributed by atoms with Crippen LogP contribution in [0, 0.1) is 29.6 Å². The zero-order valence-corrected chi connectivity index (χ0v) is 19.1. The van der Waals surface area contributed by atoms with Crippen molar-refractivity contribution in [2.24, 2.45) is 18.7 Å². The van der Waals surface area contributed by atoms with E-state index in [4.69, 9.17) is 22.2 Å². The molecule has 0 aliphatic carbocycles. The van der Waals surface area contributed by atoms with E-state index in [1.54, 1.807) is 37.4 Å². The number of fused-ring (bicyclic) bond motifs is 1. The zero-order valence-electron chi connectivity index (χ0n) is 19.1. The molecule has 3 aromatic rings. The number of terminal acetylenes is 1. The van der Waals surface area contributed by atoms with Crippen molar-refractivity contribution in [3.05, 3.63) is 59.4 Å². The number of ether oxygens (including phenoxy) is 1. The van der Waals surface area contributed by atoms with Gasteiger partial charge in [-0.2, -0.15) is 5.26 Å². The molecule has 1 amide bonds. The Morgan fingerprint density at radius 1 is 1.29 bits per heavy atom. The predicted octanol–water partition coefficient (Wildman–Crippen LogP) is 1.68. The first-order valence-electron chi connectivity index (χ1n) is 10.6. The van der Waals surface area contributed by atoms with Gasteiger partial charge in [0.25, 0.3) is 0 Å². The topological polar surface area (TPSA) is 160 Å². The van der Waals surface area contributed by atoms with Gasteiger partial charge in [-0.3, -0.25) is 14.4 Å². The highest BCUT2D eigenvalue weighted by atomic mass is 16.5. The number of nitrogens with two attached hydrogens (primary N) is 1. The van der Waals surface area contributed by atoms with Gasteiger partial charge in [0, 0.05) is 12.7 Å². The Morgan fingerprint density at radius 2 is 1.97 bits per heavy atom. The molecule has 0 spiro atoms. The number of hydrogen-bond acceptors (Lipinski definition) is 7. The lowest BCUT2D eigenvalue weighted by Crippen LogP contribution is -2.52. The highest BCUT2D eigenvalue weighted by Crippen LogP contribution is 2.35. The number of aliphatic carboxylic acids is 1. The molecule has 2 unspecified atom stereocenters. The van der Waals surface area contributed by atoms with Crippen LogP contribution in [-0.2, 0) is 38.1 Å². The molecule has 178 valence electrons. The van der Waals surface area contributed by atoms with E-state index in [1.165, 1.54) is 19.1 Å². The van der Waals surface area contributed by atoms with Crippen LogP contribution >= 0.6 is 0 Å². The van der Waals surface area contributed by atoms with E-state index in [0.717, 1.165) is 5.69 Å². The Balaban J connectivity index is 2.03. The Hall–Kier alpha value is -4.83. The molecule has 0 aliphatic rings. The third kappa shape index (κ3) is 4.50. The van der Waals surface area contributed by atoms with Crippen molar-refractivity contribution in [1.29, 1.82) is 5.26 Å². The summed E-state index contributed by atoms with van der Waals surface area (Å²) >= 11 is 0. The molecule has 2 aromatic carbocycles. The Bertz CT molecular complexity index is 1380. The van der Waals surface area contributed by atoms with Crippen LogP contribution in [0.2, 0.25) is 0 Å². The van der Waals surface area contributed by atoms with Crippen molar-refractivity contribution in [1.82, 2.24) is 9.55 Å². The lowest BCUT2D eigenvalue weighted by Gasteiger charge is -2.29. The number of rotatable bonds is 9. The fourth-order valence-corrected chi connectivity index (χ4v) is 3.87. The number of nitrogens with zero attached hydrogens (tertiary/aromatic N) is 3. The maximum Gasteiger partial charge on any atom is 0.327 e. The van der Waals surface area contributed by atoms with Crippen molar-refractivity contribution >= 4 is 34.6 Å². The van der Waals surface area contributed by atoms with E-state index < -0.39 is 29.2 Å². The monoisotopic (exact) mass is 473 g/mol. The number of imidazole rings is 1. The van der Waals surface area contributed by atoms with Gasteiger partial charge in [-0.15, -0.1) is 6.42 Å². The number of carboxylic acid groups (broad SMARTS) is 1. The molecule has 0 fully saturated rings. The van der Waals surface area contributed by atoms with Crippen molar-refractivity contribution in [3.63, 3.8) is 0 Å². The molecule has 0 saturated carbocycles. The van der Waals surface area contributed by atoms with Crippen LogP contribution < -0.4 is 11.1 Å². The van der Waals surface area contributed by atoms with Crippen LogP contribution in [0.1, 0.15) is 23.9 Å².